The van der Waals surface area contributed by atoms with E-state index in [1.54, 1.807) is 11.8 Å². The van der Waals surface area contributed by atoms with Gasteiger partial charge in [0.1, 0.15) is 11.9 Å². The quantitative estimate of drug-likeness (QED) is 0.411. The maximum Gasteiger partial charge on any atom is 0.268 e. The molecule has 0 spiro atoms. The highest BCUT2D eigenvalue weighted by molar-refractivity contribution is 6.01. The summed E-state index contributed by atoms with van der Waals surface area (Å²) in [5.74, 6) is 0.713. The number of hydrogen-bond acceptors (Lipinski definition) is 7. The van der Waals surface area contributed by atoms with Gasteiger partial charge >= 0.3 is 0 Å². The van der Waals surface area contributed by atoms with Crippen LogP contribution in [-0.4, -0.2) is 46.7 Å². The van der Waals surface area contributed by atoms with Crippen LogP contribution in [0.15, 0.2) is 68.6 Å². The zero-order valence-electron chi connectivity index (χ0n) is 19.2. The van der Waals surface area contributed by atoms with Crippen LogP contribution in [0.2, 0.25) is 0 Å². The van der Waals surface area contributed by atoms with E-state index in [-0.39, 0.29) is 5.89 Å². The van der Waals surface area contributed by atoms with E-state index in [2.05, 4.69) is 34.9 Å². The van der Waals surface area contributed by atoms with Crippen molar-refractivity contribution >= 4 is 18.1 Å². The molecule has 1 atom stereocenters. The van der Waals surface area contributed by atoms with E-state index in [4.69, 9.17) is 9.41 Å². The van der Waals surface area contributed by atoms with E-state index in [1.165, 1.54) is 5.56 Å². The summed E-state index contributed by atoms with van der Waals surface area (Å²) in [5.41, 5.74) is 5.58. The zero-order chi connectivity index (χ0) is 23.3. The van der Waals surface area contributed by atoms with Gasteiger partial charge in [-0.25, -0.2) is 4.99 Å². The van der Waals surface area contributed by atoms with Gasteiger partial charge in [-0.05, 0) is 69.9 Å². The third kappa shape index (κ3) is 5.25. The van der Waals surface area contributed by atoms with Crippen molar-refractivity contribution in [2.45, 2.75) is 33.4 Å². The number of hydrogen-bond donors (Lipinski definition) is 1. The maximum absolute atomic E-state index is 10.2. The van der Waals surface area contributed by atoms with Crippen LogP contribution in [0.3, 0.4) is 0 Å². The smallest absolute Gasteiger partial charge is 0.268 e. The second-order valence-corrected chi connectivity index (χ2v) is 7.71. The Morgan fingerprint density at radius 3 is 2.47 bits per heavy atom. The first-order valence-electron chi connectivity index (χ1n) is 10.4. The van der Waals surface area contributed by atoms with Gasteiger partial charge in [-0.15, -0.1) is 10.2 Å². The molecule has 0 bridgehead atoms. The van der Waals surface area contributed by atoms with Crippen LogP contribution in [0, 0.1) is 0 Å². The number of aliphatic hydroxyl groups excluding tert-OH is 1. The molecule has 0 saturated carbocycles. The second kappa shape index (κ2) is 10.3. The zero-order valence-corrected chi connectivity index (χ0v) is 19.2. The molecule has 166 valence electrons. The van der Waals surface area contributed by atoms with Gasteiger partial charge in [-0.3, -0.25) is 9.89 Å². The first-order chi connectivity index (χ1) is 15.3. The Morgan fingerprint density at radius 2 is 1.84 bits per heavy atom. The topological polar surface area (TPSA) is 87.1 Å². The van der Waals surface area contributed by atoms with Crippen LogP contribution in [0.1, 0.15) is 49.6 Å². The van der Waals surface area contributed by atoms with Gasteiger partial charge < -0.3 is 9.52 Å². The molecule has 2 aromatic carbocycles. The monoisotopic (exact) mass is 431 g/mol. The molecule has 0 radical (unpaired) electrons. The molecule has 1 unspecified atom stereocenters. The average molecular weight is 432 g/mol. The molecule has 1 aromatic heterocycles. The minimum absolute atomic E-state index is 0.283. The van der Waals surface area contributed by atoms with Crippen molar-refractivity contribution in [3.05, 3.63) is 76.8 Å². The maximum atomic E-state index is 10.2. The van der Waals surface area contributed by atoms with Crippen molar-refractivity contribution in [1.29, 1.82) is 0 Å². The minimum atomic E-state index is -0.660. The predicted octanol–water partition coefficient (Wildman–Crippen LogP) is 4.75. The molecule has 7 heteroatoms. The lowest BCUT2D eigenvalue weighted by molar-refractivity contribution is 0.0395. The van der Waals surface area contributed by atoms with Crippen LogP contribution in [0.4, 0.5) is 0 Å². The number of aromatic nitrogens is 2. The summed E-state index contributed by atoms with van der Waals surface area (Å²) < 4.78 is 5.95. The highest BCUT2D eigenvalue weighted by Crippen LogP contribution is 2.26. The van der Waals surface area contributed by atoms with Crippen LogP contribution in [-0.2, 0) is 6.42 Å². The Balaban J connectivity index is 1.94. The predicted molar refractivity (Wildman–Crippen MR) is 129 cm³/mol. The summed E-state index contributed by atoms with van der Waals surface area (Å²) in [4.78, 5) is 10.5. The van der Waals surface area contributed by atoms with E-state index in [0.29, 0.717) is 17.3 Å². The number of aryl methyl sites for hydroxylation is 1. The molecule has 0 amide bonds. The summed E-state index contributed by atoms with van der Waals surface area (Å²) in [6, 6.07) is 15.6. The van der Waals surface area contributed by atoms with E-state index in [0.717, 1.165) is 28.8 Å². The van der Waals surface area contributed by atoms with E-state index >= 15 is 0 Å². The summed E-state index contributed by atoms with van der Waals surface area (Å²) in [6.07, 6.45) is 0.264. The lowest BCUT2D eigenvalue weighted by Crippen LogP contribution is -2.19. The lowest BCUT2D eigenvalue weighted by atomic mass is 10.1. The van der Waals surface area contributed by atoms with Gasteiger partial charge in [0.2, 0.25) is 5.89 Å². The van der Waals surface area contributed by atoms with Gasteiger partial charge in [-0.2, -0.15) is 0 Å². The molecule has 32 heavy (non-hydrogen) atoms. The Hall–Kier alpha value is -3.42. The van der Waals surface area contributed by atoms with Gasteiger partial charge in [0.05, 0.1) is 5.70 Å². The third-order valence-electron chi connectivity index (χ3n) is 5.18. The van der Waals surface area contributed by atoms with Crippen LogP contribution in [0.5, 0.6) is 0 Å². The summed E-state index contributed by atoms with van der Waals surface area (Å²) in [6.45, 7) is 9.42. The van der Waals surface area contributed by atoms with Gasteiger partial charge in [0.25, 0.3) is 5.89 Å². The summed E-state index contributed by atoms with van der Waals surface area (Å²) >= 11 is 0. The molecular weight excluding hydrogens is 402 g/mol. The van der Waals surface area contributed by atoms with E-state index in [1.807, 2.05) is 63.5 Å². The Morgan fingerprint density at radius 1 is 1.12 bits per heavy atom. The number of benzene rings is 2. The molecule has 1 N–H and O–H groups in total. The fourth-order valence-electron chi connectivity index (χ4n) is 3.15. The Labute approximate surface area is 188 Å². The minimum Gasteiger partial charge on any atom is -0.415 e. The first-order valence-corrected chi connectivity index (χ1v) is 10.4. The first kappa shape index (κ1) is 23.2. The SMILES string of the molecule is C=N/C(C)=C(\N=C(/C)c1ccc(C(O)N(C)C)cc1)c1nnc(-c2cccc(CC)c2)o1. The summed E-state index contributed by atoms with van der Waals surface area (Å²) in [7, 11) is 3.65. The molecule has 0 fully saturated rings. The third-order valence-corrected chi connectivity index (χ3v) is 5.18. The normalized spacial score (nSPS) is 13.8. The highest BCUT2D eigenvalue weighted by Gasteiger charge is 2.16. The number of aliphatic imine (C=N–C) groups is 2. The number of rotatable bonds is 8. The van der Waals surface area contributed by atoms with E-state index < -0.39 is 6.23 Å². The van der Waals surface area contributed by atoms with Gasteiger partial charge in [0, 0.05) is 11.3 Å². The van der Waals surface area contributed by atoms with Gasteiger partial charge in [-0.1, -0.05) is 43.3 Å². The molecule has 1 heterocycles. The molecule has 0 aliphatic heterocycles. The number of aliphatic hydroxyl groups is 1. The number of nitrogens with zero attached hydrogens (tertiary/aromatic N) is 5. The fourth-order valence-corrected chi connectivity index (χ4v) is 3.15. The van der Waals surface area contributed by atoms with Crippen molar-refractivity contribution in [2.75, 3.05) is 14.1 Å². The molecular formula is C25H29N5O2. The van der Waals surface area contributed by atoms with Crippen LogP contribution < -0.4 is 0 Å². The largest absolute Gasteiger partial charge is 0.415 e. The Kier molecular flexibility index (Phi) is 7.45. The summed E-state index contributed by atoms with van der Waals surface area (Å²) in [5, 5.41) is 18.6. The van der Waals surface area contributed by atoms with Crippen molar-refractivity contribution < 1.29 is 9.52 Å². The molecule has 3 rings (SSSR count). The van der Waals surface area contributed by atoms with Crippen molar-refractivity contribution in [2.24, 2.45) is 9.98 Å². The fraction of sp³-hybridized carbons (Fsp3) is 0.280. The molecule has 0 aliphatic carbocycles. The molecule has 7 nitrogen and oxygen atoms in total. The average Bonchev–Trinajstić information content (AvgIpc) is 3.31. The second-order valence-electron chi connectivity index (χ2n) is 7.71. The van der Waals surface area contributed by atoms with Crippen molar-refractivity contribution in [1.82, 2.24) is 15.1 Å². The highest BCUT2D eigenvalue weighted by atomic mass is 16.4. The standard InChI is InChI=1S/C25H29N5O2/c1-7-18-9-8-10-21(15-18)23-28-29-24(32-23)22(17(3)26-4)27-16(2)19-11-13-20(14-12-19)25(31)30(5)6/h8-15,25,31H,4,7H2,1-3,5-6H3/b22-17-,27-16+. The van der Waals surface area contributed by atoms with Crippen molar-refractivity contribution in [3.8, 4) is 11.5 Å². The van der Waals surface area contributed by atoms with Gasteiger partial charge in [0.15, 0.2) is 0 Å². The van der Waals surface area contributed by atoms with Crippen molar-refractivity contribution in [3.63, 3.8) is 0 Å². The molecule has 3 aromatic rings. The number of allylic oxidation sites excluding steroid dienone is 1. The molecule has 0 aliphatic rings. The molecule has 0 saturated heterocycles. The van der Waals surface area contributed by atoms with E-state index in [9.17, 15) is 5.11 Å². The van der Waals surface area contributed by atoms with Crippen LogP contribution >= 0.6 is 0 Å². The lowest BCUT2D eigenvalue weighted by Gasteiger charge is -2.18. The Bertz CT molecular complexity index is 1140. The van der Waals surface area contributed by atoms with Crippen LogP contribution in [0.25, 0.3) is 17.2 Å².